The lowest BCUT2D eigenvalue weighted by atomic mass is 10.3. The standard InChI is InChI=1S/C12H19NO4/c1-15-5-2-6-16-7-8-17-12-9-11(10-14)3-4-13-12/h3-4,9,14H,2,5-8,10H2,1H3. The minimum atomic E-state index is -0.00754. The van der Waals surface area contributed by atoms with Gasteiger partial charge in [-0.1, -0.05) is 0 Å². The van der Waals surface area contributed by atoms with Crippen LogP contribution in [0.5, 0.6) is 5.88 Å². The number of nitrogens with zero attached hydrogens (tertiary/aromatic N) is 1. The molecule has 1 N–H and O–H groups in total. The summed E-state index contributed by atoms with van der Waals surface area (Å²) in [4.78, 5) is 4.03. The second kappa shape index (κ2) is 8.92. The monoisotopic (exact) mass is 241 g/mol. The van der Waals surface area contributed by atoms with Gasteiger partial charge in [-0.05, 0) is 18.1 Å². The normalized spacial score (nSPS) is 10.5. The van der Waals surface area contributed by atoms with Gasteiger partial charge >= 0.3 is 0 Å². The third kappa shape index (κ3) is 6.21. The Morgan fingerprint density at radius 1 is 1.24 bits per heavy atom. The second-order valence-electron chi connectivity index (χ2n) is 3.47. The van der Waals surface area contributed by atoms with Crippen molar-refractivity contribution in [2.75, 3.05) is 33.5 Å². The zero-order chi connectivity index (χ0) is 12.3. The average molecular weight is 241 g/mol. The van der Waals surface area contributed by atoms with Crippen molar-refractivity contribution in [3.05, 3.63) is 23.9 Å². The Morgan fingerprint density at radius 3 is 2.88 bits per heavy atom. The predicted octanol–water partition coefficient (Wildman–Crippen LogP) is 1.01. The lowest BCUT2D eigenvalue weighted by Crippen LogP contribution is -2.09. The van der Waals surface area contributed by atoms with Gasteiger partial charge in [0.2, 0.25) is 5.88 Å². The van der Waals surface area contributed by atoms with Crippen molar-refractivity contribution in [2.24, 2.45) is 0 Å². The molecule has 0 spiro atoms. The highest BCUT2D eigenvalue weighted by molar-refractivity contribution is 5.19. The number of hydrogen-bond donors (Lipinski definition) is 1. The molecule has 1 aromatic heterocycles. The van der Waals surface area contributed by atoms with Crippen LogP contribution in [-0.2, 0) is 16.1 Å². The maximum Gasteiger partial charge on any atom is 0.213 e. The number of pyridine rings is 1. The minimum absolute atomic E-state index is 0.00754. The molecule has 0 fully saturated rings. The van der Waals surface area contributed by atoms with Crippen LogP contribution < -0.4 is 4.74 Å². The molecular formula is C12H19NO4. The van der Waals surface area contributed by atoms with Crippen LogP contribution in [0.25, 0.3) is 0 Å². The summed E-state index contributed by atoms with van der Waals surface area (Å²) in [5.74, 6) is 0.511. The molecule has 96 valence electrons. The molecule has 5 heteroatoms. The first-order chi connectivity index (χ1) is 8.36. The highest BCUT2D eigenvalue weighted by Gasteiger charge is 1.97. The number of aliphatic hydroxyl groups excluding tert-OH is 1. The van der Waals surface area contributed by atoms with Crippen molar-refractivity contribution < 1.29 is 19.3 Å². The van der Waals surface area contributed by atoms with Crippen molar-refractivity contribution in [2.45, 2.75) is 13.0 Å². The SMILES string of the molecule is COCCCOCCOc1cc(CO)ccn1. The van der Waals surface area contributed by atoms with Gasteiger partial charge in [0.1, 0.15) is 6.61 Å². The minimum Gasteiger partial charge on any atom is -0.475 e. The molecule has 0 unspecified atom stereocenters. The lowest BCUT2D eigenvalue weighted by Gasteiger charge is -2.07. The van der Waals surface area contributed by atoms with Crippen molar-refractivity contribution in [3.8, 4) is 5.88 Å². The molecule has 5 nitrogen and oxygen atoms in total. The predicted molar refractivity (Wildman–Crippen MR) is 63.0 cm³/mol. The van der Waals surface area contributed by atoms with Gasteiger partial charge in [-0.2, -0.15) is 0 Å². The van der Waals surface area contributed by atoms with Crippen LogP contribution >= 0.6 is 0 Å². The number of ether oxygens (including phenoxy) is 3. The summed E-state index contributed by atoms with van der Waals surface area (Å²) in [6.45, 7) is 2.35. The molecule has 0 saturated carbocycles. The fourth-order valence-corrected chi connectivity index (χ4v) is 1.24. The van der Waals surface area contributed by atoms with E-state index in [1.807, 2.05) is 0 Å². The highest BCUT2D eigenvalue weighted by Crippen LogP contribution is 2.08. The quantitative estimate of drug-likeness (QED) is 0.654. The van der Waals surface area contributed by atoms with E-state index in [1.54, 1.807) is 25.4 Å². The maximum absolute atomic E-state index is 8.93. The molecule has 0 aromatic carbocycles. The average Bonchev–Trinajstić information content (AvgIpc) is 2.38. The van der Waals surface area contributed by atoms with Crippen LogP contribution in [0.1, 0.15) is 12.0 Å². The number of hydrogen-bond acceptors (Lipinski definition) is 5. The zero-order valence-electron chi connectivity index (χ0n) is 10.1. The van der Waals surface area contributed by atoms with E-state index < -0.39 is 0 Å². The van der Waals surface area contributed by atoms with Crippen LogP contribution in [0.2, 0.25) is 0 Å². The number of aliphatic hydroxyl groups is 1. The van der Waals surface area contributed by atoms with Crippen LogP contribution in [0.4, 0.5) is 0 Å². The van der Waals surface area contributed by atoms with E-state index >= 15 is 0 Å². The molecule has 1 heterocycles. The number of methoxy groups -OCH3 is 1. The summed E-state index contributed by atoms with van der Waals surface area (Å²) in [6.07, 6.45) is 2.50. The van der Waals surface area contributed by atoms with E-state index in [4.69, 9.17) is 19.3 Å². The Hall–Kier alpha value is -1.17. The molecule has 0 aliphatic rings. The van der Waals surface area contributed by atoms with E-state index in [2.05, 4.69) is 4.98 Å². The molecule has 0 radical (unpaired) electrons. The Morgan fingerprint density at radius 2 is 2.12 bits per heavy atom. The van der Waals surface area contributed by atoms with E-state index in [-0.39, 0.29) is 6.61 Å². The second-order valence-corrected chi connectivity index (χ2v) is 3.47. The van der Waals surface area contributed by atoms with Gasteiger partial charge in [0.15, 0.2) is 0 Å². The number of rotatable bonds is 9. The van der Waals surface area contributed by atoms with Gasteiger partial charge in [-0.15, -0.1) is 0 Å². The molecule has 0 amide bonds. The molecule has 0 bridgehead atoms. The van der Waals surface area contributed by atoms with Gasteiger partial charge in [0, 0.05) is 32.6 Å². The first-order valence-electron chi connectivity index (χ1n) is 5.62. The molecular weight excluding hydrogens is 222 g/mol. The molecule has 0 aliphatic carbocycles. The van der Waals surface area contributed by atoms with Crippen molar-refractivity contribution in [1.82, 2.24) is 4.98 Å². The van der Waals surface area contributed by atoms with Crippen LogP contribution in [-0.4, -0.2) is 43.6 Å². The van der Waals surface area contributed by atoms with E-state index in [0.717, 1.165) is 12.0 Å². The van der Waals surface area contributed by atoms with Gasteiger partial charge in [0.05, 0.1) is 13.2 Å². The molecule has 1 rings (SSSR count). The fraction of sp³-hybridized carbons (Fsp3) is 0.583. The van der Waals surface area contributed by atoms with Crippen molar-refractivity contribution >= 4 is 0 Å². The Balaban J connectivity index is 2.09. The third-order valence-electron chi connectivity index (χ3n) is 2.10. The first kappa shape index (κ1) is 13.9. The maximum atomic E-state index is 8.93. The van der Waals surface area contributed by atoms with Gasteiger partial charge < -0.3 is 19.3 Å². The summed E-state index contributed by atoms with van der Waals surface area (Å²) < 4.78 is 15.6. The van der Waals surface area contributed by atoms with E-state index in [9.17, 15) is 0 Å². The fourth-order valence-electron chi connectivity index (χ4n) is 1.24. The lowest BCUT2D eigenvalue weighted by molar-refractivity contribution is 0.0795. The van der Waals surface area contributed by atoms with E-state index in [0.29, 0.717) is 32.3 Å². The topological polar surface area (TPSA) is 60.8 Å². The Kier molecular flexibility index (Phi) is 7.29. The van der Waals surface area contributed by atoms with Crippen molar-refractivity contribution in [3.63, 3.8) is 0 Å². The first-order valence-corrected chi connectivity index (χ1v) is 5.62. The molecule has 0 saturated heterocycles. The smallest absolute Gasteiger partial charge is 0.213 e. The Labute approximate surface area is 101 Å². The van der Waals surface area contributed by atoms with Gasteiger partial charge in [0.25, 0.3) is 0 Å². The molecule has 0 atom stereocenters. The summed E-state index contributed by atoms with van der Waals surface area (Å²) in [5.41, 5.74) is 0.788. The molecule has 0 aliphatic heterocycles. The summed E-state index contributed by atoms with van der Waals surface area (Å²) in [5, 5.41) is 8.93. The summed E-state index contributed by atoms with van der Waals surface area (Å²) >= 11 is 0. The zero-order valence-corrected chi connectivity index (χ0v) is 10.1. The summed E-state index contributed by atoms with van der Waals surface area (Å²) in [6, 6.07) is 3.46. The third-order valence-corrected chi connectivity index (χ3v) is 2.10. The molecule has 17 heavy (non-hydrogen) atoms. The van der Waals surface area contributed by atoms with Crippen LogP contribution in [0, 0.1) is 0 Å². The summed E-state index contributed by atoms with van der Waals surface area (Å²) in [7, 11) is 1.67. The van der Waals surface area contributed by atoms with Crippen LogP contribution in [0.15, 0.2) is 18.3 Å². The van der Waals surface area contributed by atoms with Gasteiger partial charge in [-0.25, -0.2) is 4.98 Å². The highest BCUT2D eigenvalue weighted by atomic mass is 16.5. The number of aromatic nitrogens is 1. The molecule has 1 aromatic rings. The van der Waals surface area contributed by atoms with E-state index in [1.165, 1.54) is 0 Å². The van der Waals surface area contributed by atoms with Gasteiger partial charge in [-0.3, -0.25) is 0 Å². The van der Waals surface area contributed by atoms with Crippen LogP contribution in [0.3, 0.4) is 0 Å². The Bertz CT molecular complexity index is 306. The largest absolute Gasteiger partial charge is 0.475 e. The van der Waals surface area contributed by atoms with Crippen molar-refractivity contribution in [1.29, 1.82) is 0 Å².